The summed E-state index contributed by atoms with van der Waals surface area (Å²) in [6.07, 6.45) is 0. The van der Waals surface area contributed by atoms with Crippen LogP contribution < -0.4 is 0 Å². The zero-order valence-electron chi connectivity index (χ0n) is 9.21. The van der Waals surface area contributed by atoms with E-state index in [9.17, 15) is 9.18 Å². The van der Waals surface area contributed by atoms with Crippen LogP contribution >= 0.6 is 11.6 Å². The molecule has 17 heavy (non-hydrogen) atoms. The Morgan fingerprint density at radius 3 is 2.24 bits per heavy atom. The van der Waals surface area contributed by atoms with Gasteiger partial charge in [0, 0.05) is 10.6 Å². The molecule has 1 nitrogen and oxygen atoms in total. The van der Waals surface area contributed by atoms with Crippen LogP contribution in [-0.2, 0) is 0 Å². The van der Waals surface area contributed by atoms with E-state index in [-0.39, 0.29) is 11.6 Å². The molecule has 0 saturated carbocycles. The summed E-state index contributed by atoms with van der Waals surface area (Å²) in [7, 11) is 0. The van der Waals surface area contributed by atoms with Crippen molar-refractivity contribution in [3.05, 3.63) is 58.9 Å². The molecule has 0 atom stereocenters. The molecule has 3 heteroatoms. The second-order valence-corrected chi connectivity index (χ2v) is 4.23. The predicted octanol–water partition coefficient (Wildman–Crippen LogP) is 4.35. The summed E-state index contributed by atoms with van der Waals surface area (Å²) in [5, 5.41) is 0.357. The highest BCUT2D eigenvalue weighted by atomic mass is 35.5. The molecule has 0 amide bonds. The van der Waals surface area contributed by atoms with Crippen LogP contribution in [0.1, 0.15) is 17.3 Å². The van der Waals surface area contributed by atoms with E-state index >= 15 is 0 Å². The Kier molecular flexibility index (Phi) is 3.25. The van der Waals surface area contributed by atoms with Crippen LogP contribution in [0.2, 0.25) is 5.02 Å². The summed E-state index contributed by atoms with van der Waals surface area (Å²) in [5.41, 5.74) is 2.16. The zero-order valence-corrected chi connectivity index (χ0v) is 9.96. The van der Waals surface area contributed by atoms with Gasteiger partial charge in [-0.1, -0.05) is 35.9 Å². The smallest absolute Gasteiger partial charge is 0.159 e. The van der Waals surface area contributed by atoms with Crippen molar-refractivity contribution in [1.29, 1.82) is 0 Å². The van der Waals surface area contributed by atoms with Gasteiger partial charge >= 0.3 is 0 Å². The van der Waals surface area contributed by atoms with Crippen molar-refractivity contribution >= 4 is 17.4 Å². The van der Waals surface area contributed by atoms with Crippen molar-refractivity contribution in [1.82, 2.24) is 0 Å². The molecule has 2 aromatic rings. The fraction of sp³-hybridized carbons (Fsp3) is 0.0714. The van der Waals surface area contributed by atoms with Gasteiger partial charge in [0.1, 0.15) is 5.82 Å². The lowest BCUT2D eigenvalue weighted by Gasteiger charge is -2.04. The van der Waals surface area contributed by atoms with E-state index in [0.717, 1.165) is 5.56 Å². The molecule has 0 aromatic heterocycles. The standard InChI is InChI=1S/C14H10ClFO/c1-9(17)10-2-4-11(5-3-10)12-6-13(15)8-14(16)7-12/h2-8H,1H3. The van der Waals surface area contributed by atoms with Crippen LogP contribution in [0.3, 0.4) is 0 Å². The first-order chi connectivity index (χ1) is 8.06. The Hall–Kier alpha value is -1.67. The number of hydrogen-bond acceptors (Lipinski definition) is 1. The minimum absolute atomic E-state index is 0.00817. The molecule has 0 N–H and O–H groups in total. The van der Waals surface area contributed by atoms with Crippen LogP contribution in [-0.4, -0.2) is 5.78 Å². The number of benzene rings is 2. The van der Waals surface area contributed by atoms with Crippen LogP contribution in [0, 0.1) is 5.82 Å². The van der Waals surface area contributed by atoms with Gasteiger partial charge in [-0.3, -0.25) is 4.79 Å². The van der Waals surface area contributed by atoms with Gasteiger partial charge in [0.15, 0.2) is 5.78 Å². The fourth-order valence-electron chi connectivity index (χ4n) is 1.62. The van der Waals surface area contributed by atoms with E-state index in [1.165, 1.54) is 19.1 Å². The molecule has 2 rings (SSSR count). The van der Waals surface area contributed by atoms with Crippen molar-refractivity contribution in [2.75, 3.05) is 0 Å². The summed E-state index contributed by atoms with van der Waals surface area (Å²) in [6, 6.07) is 11.4. The van der Waals surface area contributed by atoms with E-state index < -0.39 is 0 Å². The summed E-state index contributed by atoms with van der Waals surface area (Å²) < 4.78 is 13.2. The Morgan fingerprint density at radius 2 is 1.71 bits per heavy atom. The molecule has 86 valence electrons. The van der Waals surface area contributed by atoms with E-state index in [1.54, 1.807) is 30.3 Å². The third-order valence-corrected chi connectivity index (χ3v) is 2.71. The second-order valence-electron chi connectivity index (χ2n) is 3.79. The second kappa shape index (κ2) is 4.68. The number of ketones is 1. The maximum absolute atomic E-state index is 13.2. The maximum atomic E-state index is 13.2. The van der Waals surface area contributed by atoms with E-state index in [1.807, 2.05) is 0 Å². The summed E-state index contributed by atoms with van der Waals surface area (Å²) in [5.74, 6) is -0.364. The van der Waals surface area contributed by atoms with E-state index in [2.05, 4.69) is 0 Å². The van der Waals surface area contributed by atoms with Gasteiger partial charge in [0.25, 0.3) is 0 Å². The molecule has 0 aliphatic rings. The molecule has 0 aliphatic carbocycles. The number of carbonyl (C=O) groups excluding carboxylic acids is 1. The molecule has 0 heterocycles. The Morgan fingerprint density at radius 1 is 1.06 bits per heavy atom. The Labute approximate surface area is 104 Å². The first-order valence-corrected chi connectivity index (χ1v) is 5.51. The van der Waals surface area contributed by atoms with Gasteiger partial charge in [-0.25, -0.2) is 4.39 Å². The predicted molar refractivity (Wildman–Crippen MR) is 66.9 cm³/mol. The van der Waals surface area contributed by atoms with Crippen molar-refractivity contribution in [2.24, 2.45) is 0 Å². The summed E-state index contributed by atoms with van der Waals surface area (Å²) in [4.78, 5) is 11.1. The molecule has 0 fully saturated rings. The lowest BCUT2D eigenvalue weighted by Crippen LogP contribution is -1.91. The van der Waals surface area contributed by atoms with Crippen LogP contribution in [0.5, 0.6) is 0 Å². The fourth-order valence-corrected chi connectivity index (χ4v) is 1.84. The molecule has 0 saturated heterocycles. The largest absolute Gasteiger partial charge is 0.295 e. The highest BCUT2D eigenvalue weighted by Gasteiger charge is 2.03. The molecule has 0 unspecified atom stereocenters. The zero-order chi connectivity index (χ0) is 12.4. The van der Waals surface area contributed by atoms with E-state index in [0.29, 0.717) is 16.1 Å². The SMILES string of the molecule is CC(=O)c1ccc(-c2cc(F)cc(Cl)c2)cc1. The number of hydrogen-bond donors (Lipinski definition) is 0. The molecular weight excluding hydrogens is 239 g/mol. The van der Waals surface area contributed by atoms with Gasteiger partial charge in [0.05, 0.1) is 0 Å². The Balaban J connectivity index is 2.43. The van der Waals surface area contributed by atoms with E-state index in [4.69, 9.17) is 11.6 Å². The topological polar surface area (TPSA) is 17.1 Å². The first kappa shape index (κ1) is 11.8. The minimum atomic E-state index is -0.372. The summed E-state index contributed by atoms with van der Waals surface area (Å²) in [6.45, 7) is 1.51. The van der Waals surface area contributed by atoms with Gasteiger partial charge in [-0.05, 0) is 36.2 Å². The highest BCUT2D eigenvalue weighted by molar-refractivity contribution is 6.30. The normalized spacial score (nSPS) is 10.3. The van der Waals surface area contributed by atoms with Crippen LogP contribution in [0.15, 0.2) is 42.5 Å². The number of Topliss-reactive ketones (excluding diaryl/α,β-unsaturated/α-hetero) is 1. The first-order valence-electron chi connectivity index (χ1n) is 5.14. The average molecular weight is 249 g/mol. The highest BCUT2D eigenvalue weighted by Crippen LogP contribution is 2.24. The van der Waals surface area contributed by atoms with Gasteiger partial charge in [-0.15, -0.1) is 0 Å². The molecule has 2 aromatic carbocycles. The number of carbonyl (C=O) groups is 1. The van der Waals surface area contributed by atoms with Gasteiger partial charge in [0.2, 0.25) is 0 Å². The molecule has 0 radical (unpaired) electrons. The molecular formula is C14H10ClFO. The maximum Gasteiger partial charge on any atom is 0.159 e. The molecule has 0 spiro atoms. The summed E-state index contributed by atoms with van der Waals surface area (Å²) >= 11 is 5.79. The average Bonchev–Trinajstić information content (AvgIpc) is 2.28. The third-order valence-electron chi connectivity index (χ3n) is 2.49. The monoisotopic (exact) mass is 248 g/mol. The molecule has 0 bridgehead atoms. The lowest BCUT2D eigenvalue weighted by atomic mass is 10.0. The third kappa shape index (κ3) is 2.71. The van der Waals surface area contributed by atoms with Crippen molar-refractivity contribution in [3.8, 4) is 11.1 Å². The van der Waals surface area contributed by atoms with Gasteiger partial charge in [-0.2, -0.15) is 0 Å². The van der Waals surface area contributed by atoms with Crippen molar-refractivity contribution < 1.29 is 9.18 Å². The molecule has 0 aliphatic heterocycles. The van der Waals surface area contributed by atoms with Crippen molar-refractivity contribution in [3.63, 3.8) is 0 Å². The van der Waals surface area contributed by atoms with Crippen LogP contribution in [0.25, 0.3) is 11.1 Å². The van der Waals surface area contributed by atoms with Gasteiger partial charge < -0.3 is 0 Å². The quantitative estimate of drug-likeness (QED) is 0.722. The number of halogens is 2. The van der Waals surface area contributed by atoms with Crippen molar-refractivity contribution in [2.45, 2.75) is 6.92 Å². The lowest BCUT2D eigenvalue weighted by molar-refractivity contribution is 0.101. The minimum Gasteiger partial charge on any atom is -0.295 e. The van der Waals surface area contributed by atoms with Crippen LogP contribution in [0.4, 0.5) is 4.39 Å². The Bertz CT molecular complexity index is 541. The number of rotatable bonds is 2.